The number of nitrogens with one attached hydrogen (secondary N) is 2. The average Bonchev–Trinajstić information content (AvgIpc) is 2.74. The van der Waals surface area contributed by atoms with Gasteiger partial charge in [0.1, 0.15) is 5.60 Å². The van der Waals surface area contributed by atoms with Crippen molar-refractivity contribution in [2.45, 2.75) is 45.6 Å². The number of ether oxygens (including phenoxy) is 2. The third-order valence-electron chi connectivity index (χ3n) is 4.57. The third kappa shape index (κ3) is 8.53. The summed E-state index contributed by atoms with van der Waals surface area (Å²) < 4.78 is 10.9. The molecule has 0 aliphatic carbocycles. The Bertz CT molecular complexity index is 1010. The number of aromatic nitrogens is 1. The first-order valence-electron chi connectivity index (χ1n) is 10.6. The van der Waals surface area contributed by atoms with Crippen LogP contribution in [0.25, 0.3) is 10.9 Å². The Morgan fingerprint density at radius 1 is 1.18 bits per heavy atom. The number of esters is 1. The minimum Gasteiger partial charge on any atom is -0.469 e. The topological polar surface area (TPSA) is 110 Å². The average molecular weight is 523 g/mol. The van der Waals surface area contributed by atoms with Gasteiger partial charge in [0.25, 0.3) is 0 Å². The molecule has 0 aliphatic rings. The van der Waals surface area contributed by atoms with Crippen LogP contribution < -0.4 is 10.6 Å². The molecule has 9 nitrogen and oxygen atoms in total. The standard InChI is InChI=1S/C23H31BrN4O5/c1-23(2,3)33-22(31)28(4)12-10-19(29)27-18-14-26-17-13-15(24)8-9-16(17)21(18)25-11-6-7-20(30)32-5/h8-9,13-14H,6-7,10-12H2,1-5H3,(H,25,26)(H,27,29). The smallest absolute Gasteiger partial charge is 0.410 e. The van der Waals surface area contributed by atoms with Gasteiger partial charge >= 0.3 is 12.1 Å². The lowest BCUT2D eigenvalue weighted by atomic mass is 10.1. The van der Waals surface area contributed by atoms with Gasteiger partial charge in [-0.25, -0.2) is 4.79 Å². The third-order valence-corrected chi connectivity index (χ3v) is 5.07. The molecular weight excluding hydrogens is 492 g/mol. The summed E-state index contributed by atoms with van der Waals surface area (Å²) in [5.74, 6) is -0.538. The normalized spacial score (nSPS) is 11.1. The summed E-state index contributed by atoms with van der Waals surface area (Å²) in [5.41, 5.74) is 1.38. The second-order valence-corrected chi connectivity index (χ2v) is 9.43. The quantitative estimate of drug-likeness (QED) is 0.366. The second-order valence-electron chi connectivity index (χ2n) is 8.51. The zero-order chi connectivity index (χ0) is 24.6. The zero-order valence-electron chi connectivity index (χ0n) is 19.7. The maximum absolute atomic E-state index is 12.6. The number of rotatable bonds is 9. The maximum atomic E-state index is 12.6. The van der Waals surface area contributed by atoms with E-state index < -0.39 is 11.7 Å². The van der Waals surface area contributed by atoms with Crippen LogP contribution in [0.1, 0.15) is 40.0 Å². The minimum absolute atomic E-state index is 0.0932. The number of nitrogens with zero attached hydrogens (tertiary/aromatic N) is 2. The Hall–Kier alpha value is -2.88. The van der Waals surface area contributed by atoms with Gasteiger partial charge in [-0.15, -0.1) is 0 Å². The van der Waals surface area contributed by atoms with Gasteiger partial charge < -0.3 is 25.0 Å². The molecular formula is C23H31BrN4O5. The number of methoxy groups -OCH3 is 1. The fraction of sp³-hybridized carbons (Fsp3) is 0.478. The Kier molecular flexibility index (Phi) is 9.45. The molecule has 0 fully saturated rings. The highest BCUT2D eigenvalue weighted by Crippen LogP contribution is 2.31. The summed E-state index contributed by atoms with van der Waals surface area (Å²) in [6.45, 7) is 6.08. The number of halogens is 1. The van der Waals surface area contributed by atoms with E-state index in [0.717, 1.165) is 15.4 Å². The SMILES string of the molecule is COC(=O)CCCNc1c(NC(=O)CCN(C)C(=O)OC(C)(C)C)cnc2cc(Br)ccc12. The van der Waals surface area contributed by atoms with Crippen molar-refractivity contribution in [1.29, 1.82) is 0 Å². The molecule has 0 saturated carbocycles. The number of carbonyl (C=O) groups is 3. The van der Waals surface area contributed by atoms with Crippen LogP contribution in [-0.2, 0) is 19.1 Å². The first kappa shape index (κ1) is 26.4. The van der Waals surface area contributed by atoms with E-state index in [1.807, 2.05) is 18.2 Å². The molecule has 0 unspecified atom stereocenters. The Morgan fingerprint density at radius 3 is 2.58 bits per heavy atom. The van der Waals surface area contributed by atoms with E-state index in [1.165, 1.54) is 12.0 Å². The van der Waals surface area contributed by atoms with Gasteiger partial charge in [0, 0.05) is 42.8 Å². The molecule has 33 heavy (non-hydrogen) atoms. The molecule has 0 atom stereocenters. The van der Waals surface area contributed by atoms with Gasteiger partial charge in [0.15, 0.2) is 0 Å². The van der Waals surface area contributed by atoms with Crippen LogP contribution in [0.5, 0.6) is 0 Å². The highest BCUT2D eigenvalue weighted by atomic mass is 79.9. The molecule has 2 amide bonds. The number of amides is 2. The minimum atomic E-state index is -0.603. The van der Waals surface area contributed by atoms with Gasteiger partial charge in [-0.3, -0.25) is 14.6 Å². The van der Waals surface area contributed by atoms with Crippen LogP contribution >= 0.6 is 15.9 Å². The van der Waals surface area contributed by atoms with E-state index >= 15 is 0 Å². The van der Waals surface area contributed by atoms with E-state index in [9.17, 15) is 14.4 Å². The first-order valence-corrected chi connectivity index (χ1v) is 11.4. The van der Waals surface area contributed by atoms with E-state index in [1.54, 1.807) is 34.0 Å². The lowest BCUT2D eigenvalue weighted by Gasteiger charge is -2.24. The number of hydrogen-bond donors (Lipinski definition) is 2. The summed E-state index contributed by atoms with van der Waals surface area (Å²) >= 11 is 3.44. The van der Waals surface area contributed by atoms with Gasteiger partial charge in [-0.2, -0.15) is 0 Å². The van der Waals surface area contributed by atoms with Crippen molar-refractivity contribution >= 4 is 56.2 Å². The monoisotopic (exact) mass is 522 g/mol. The van der Waals surface area contributed by atoms with Crippen molar-refractivity contribution in [3.05, 3.63) is 28.9 Å². The van der Waals surface area contributed by atoms with Crippen molar-refractivity contribution in [2.24, 2.45) is 0 Å². The lowest BCUT2D eigenvalue weighted by molar-refractivity contribution is -0.140. The van der Waals surface area contributed by atoms with Gasteiger partial charge in [-0.05, 0) is 45.4 Å². The predicted molar refractivity (Wildman–Crippen MR) is 131 cm³/mol. The maximum Gasteiger partial charge on any atom is 0.410 e. The first-order chi connectivity index (χ1) is 15.5. The summed E-state index contributed by atoms with van der Waals surface area (Å²) in [4.78, 5) is 41.9. The Labute approximate surface area is 202 Å². The molecule has 1 heterocycles. The van der Waals surface area contributed by atoms with Crippen LogP contribution in [0.4, 0.5) is 16.2 Å². The number of benzene rings is 1. The van der Waals surface area contributed by atoms with Crippen LogP contribution in [0.15, 0.2) is 28.9 Å². The van der Waals surface area contributed by atoms with Gasteiger partial charge in [-0.1, -0.05) is 15.9 Å². The summed E-state index contributed by atoms with van der Waals surface area (Å²) in [5, 5.41) is 7.01. The molecule has 180 valence electrons. The molecule has 0 aliphatic heterocycles. The number of anilines is 2. The van der Waals surface area contributed by atoms with Crippen LogP contribution in [0, 0.1) is 0 Å². The van der Waals surface area contributed by atoms with Crippen molar-refractivity contribution in [3.8, 4) is 0 Å². The molecule has 2 aromatic rings. The van der Waals surface area contributed by atoms with Gasteiger partial charge in [0.2, 0.25) is 5.91 Å². The molecule has 0 saturated heterocycles. The fourth-order valence-electron chi connectivity index (χ4n) is 2.91. The lowest BCUT2D eigenvalue weighted by Crippen LogP contribution is -2.35. The Balaban J connectivity index is 2.09. The van der Waals surface area contributed by atoms with Gasteiger partial charge in [0.05, 0.1) is 30.2 Å². The number of fused-ring (bicyclic) bond motifs is 1. The van der Waals surface area contributed by atoms with E-state index in [4.69, 9.17) is 4.74 Å². The van der Waals surface area contributed by atoms with Crippen molar-refractivity contribution in [2.75, 3.05) is 37.9 Å². The summed E-state index contributed by atoms with van der Waals surface area (Å²) in [7, 11) is 2.95. The molecule has 1 aromatic heterocycles. The number of hydrogen-bond acceptors (Lipinski definition) is 7. The molecule has 2 N–H and O–H groups in total. The molecule has 2 rings (SSSR count). The second kappa shape index (κ2) is 11.8. The molecule has 0 radical (unpaired) electrons. The van der Waals surface area contributed by atoms with E-state index in [2.05, 4.69) is 36.3 Å². The molecule has 1 aromatic carbocycles. The largest absolute Gasteiger partial charge is 0.469 e. The van der Waals surface area contributed by atoms with Crippen molar-refractivity contribution < 1.29 is 23.9 Å². The predicted octanol–water partition coefficient (Wildman–Crippen LogP) is 4.56. The van der Waals surface area contributed by atoms with E-state index in [0.29, 0.717) is 24.3 Å². The summed E-state index contributed by atoms with van der Waals surface area (Å²) in [6, 6.07) is 5.68. The zero-order valence-corrected chi connectivity index (χ0v) is 21.2. The Morgan fingerprint density at radius 2 is 1.91 bits per heavy atom. The molecule has 10 heteroatoms. The highest BCUT2D eigenvalue weighted by molar-refractivity contribution is 9.10. The fourth-order valence-corrected chi connectivity index (χ4v) is 3.26. The van der Waals surface area contributed by atoms with E-state index in [-0.39, 0.29) is 31.3 Å². The van der Waals surface area contributed by atoms with Crippen molar-refractivity contribution in [1.82, 2.24) is 9.88 Å². The van der Waals surface area contributed by atoms with Crippen molar-refractivity contribution in [3.63, 3.8) is 0 Å². The summed E-state index contributed by atoms with van der Waals surface area (Å²) in [6.07, 6.45) is 2.06. The van der Waals surface area contributed by atoms with Crippen LogP contribution in [0.2, 0.25) is 0 Å². The number of pyridine rings is 1. The molecule has 0 spiro atoms. The van der Waals surface area contributed by atoms with Crippen LogP contribution in [-0.4, -0.2) is 60.7 Å². The highest BCUT2D eigenvalue weighted by Gasteiger charge is 2.20. The number of carbonyl (C=O) groups excluding carboxylic acids is 3. The van der Waals surface area contributed by atoms with Crippen LogP contribution in [0.3, 0.4) is 0 Å². The molecule has 0 bridgehead atoms.